The number of aliphatic hydroxyl groups is 3. The molecule has 1 aliphatic rings. The zero-order chi connectivity index (χ0) is 21.7. The Morgan fingerprint density at radius 3 is 2.21 bits per heavy atom. The van der Waals surface area contributed by atoms with E-state index in [9.17, 15) is 24.9 Å². The summed E-state index contributed by atoms with van der Waals surface area (Å²) in [5, 5.41) is 30.0. The fourth-order valence-corrected chi connectivity index (χ4v) is 3.13. The quantitative estimate of drug-likeness (QED) is 0.567. The predicted molar refractivity (Wildman–Crippen MR) is 103 cm³/mol. The summed E-state index contributed by atoms with van der Waals surface area (Å²) in [6.07, 6.45) is -7.40. The minimum atomic E-state index is -1.73. The summed E-state index contributed by atoms with van der Waals surface area (Å²) in [7, 11) is 0. The second-order valence-corrected chi connectivity index (χ2v) is 7.65. The second kappa shape index (κ2) is 10.2. The molecule has 1 saturated heterocycles. The minimum Gasteiger partial charge on any atom is -0.464 e. The minimum absolute atomic E-state index is 0.0400. The molecule has 0 aromatic heterocycles. The van der Waals surface area contributed by atoms with Gasteiger partial charge in [0.25, 0.3) is 0 Å². The first kappa shape index (κ1) is 23.3. The Kier molecular flexibility index (Phi) is 8.15. The predicted octanol–water partition coefficient (Wildman–Crippen LogP) is 0.902. The van der Waals surface area contributed by atoms with Crippen LogP contribution in [0.1, 0.15) is 44.7 Å². The third-order valence-electron chi connectivity index (χ3n) is 4.80. The lowest BCUT2D eigenvalue weighted by molar-refractivity contribution is -0.287. The van der Waals surface area contributed by atoms with Crippen LogP contribution in [0.15, 0.2) is 24.3 Å². The van der Waals surface area contributed by atoms with Gasteiger partial charge < -0.3 is 29.5 Å². The highest BCUT2D eigenvalue weighted by Gasteiger charge is 2.49. The van der Waals surface area contributed by atoms with Gasteiger partial charge in [0.2, 0.25) is 6.29 Å². The molecule has 29 heavy (non-hydrogen) atoms. The molecule has 0 saturated carbocycles. The van der Waals surface area contributed by atoms with E-state index in [1.807, 2.05) is 24.3 Å². The molecule has 0 spiro atoms. The topological polar surface area (TPSA) is 123 Å². The zero-order valence-electron chi connectivity index (χ0n) is 17.1. The van der Waals surface area contributed by atoms with E-state index in [0.717, 1.165) is 17.5 Å². The fraction of sp³-hybridized carbons (Fsp3) is 0.619. The monoisotopic (exact) mass is 410 g/mol. The van der Waals surface area contributed by atoms with E-state index in [4.69, 9.17) is 14.2 Å². The van der Waals surface area contributed by atoms with Crippen molar-refractivity contribution in [1.29, 1.82) is 0 Å². The lowest BCUT2D eigenvalue weighted by Crippen LogP contribution is -2.61. The summed E-state index contributed by atoms with van der Waals surface area (Å²) >= 11 is 0. The molecule has 2 rings (SSSR count). The van der Waals surface area contributed by atoms with Crippen molar-refractivity contribution in [2.45, 2.75) is 70.7 Å². The van der Waals surface area contributed by atoms with Crippen molar-refractivity contribution < 1.29 is 39.1 Å². The molecule has 0 aliphatic carbocycles. The third kappa shape index (κ3) is 5.76. The van der Waals surface area contributed by atoms with Crippen LogP contribution in [0.5, 0.6) is 0 Å². The number of carbonyl (C=O) groups is 2. The molecule has 1 aliphatic heterocycles. The molecule has 162 valence electrons. The first-order valence-electron chi connectivity index (χ1n) is 9.81. The van der Waals surface area contributed by atoms with Gasteiger partial charge in [-0.3, -0.25) is 4.79 Å². The Morgan fingerprint density at radius 1 is 1.03 bits per heavy atom. The van der Waals surface area contributed by atoms with E-state index in [-0.39, 0.29) is 6.61 Å². The van der Waals surface area contributed by atoms with E-state index in [1.165, 1.54) is 0 Å². The largest absolute Gasteiger partial charge is 0.464 e. The molecule has 3 N–H and O–H groups in total. The molecule has 8 nitrogen and oxygen atoms in total. The maximum absolute atomic E-state index is 12.5. The standard InChI is InChI=1S/C21H30O8/c1-5-27-20(26)18-16(23)15(22)17(24)21(28-18)29-19(25)12(4)14-8-6-13(7-9-14)10-11(2)3/h6-9,11-12,15-18,21-24H,5,10H2,1-4H3/t12-,15-,16-,17+,18-,21-/m0/s1. The molecule has 1 aromatic rings. The number of rotatable bonds is 7. The Bertz CT molecular complexity index is 686. The highest BCUT2D eigenvalue weighted by Crippen LogP contribution is 2.26. The second-order valence-electron chi connectivity index (χ2n) is 7.65. The molecule has 0 unspecified atom stereocenters. The highest BCUT2D eigenvalue weighted by atomic mass is 16.7. The fourth-order valence-electron chi connectivity index (χ4n) is 3.13. The van der Waals surface area contributed by atoms with Gasteiger partial charge in [0, 0.05) is 0 Å². The third-order valence-corrected chi connectivity index (χ3v) is 4.80. The smallest absolute Gasteiger partial charge is 0.338 e. The first-order valence-corrected chi connectivity index (χ1v) is 9.81. The summed E-state index contributed by atoms with van der Waals surface area (Å²) in [5.41, 5.74) is 1.88. The molecular formula is C21H30O8. The van der Waals surface area contributed by atoms with E-state index in [2.05, 4.69) is 13.8 Å². The van der Waals surface area contributed by atoms with Crippen LogP contribution in [0.4, 0.5) is 0 Å². The summed E-state index contributed by atoms with van der Waals surface area (Å²) in [4.78, 5) is 24.5. The van der Waals surface area contributed by atoms with Crippen LogP contribution < -0.4 is 0 Å². The van der Waals surface area contributed by atoms with Gasteiger partial charge in [-0.1, -0.05) is 38.1 Å². The van der Waals surface area contributed by atoms with E-state index in [0.29, 0.717) is 5.92 Å². The van der Waals surface area contributed by atoms with Gasteiger partial charge in [-0.15, -0.1) is 0 Å². The number of esters is 2. The van der Waals surface area contributed by atoms with Gasteiger partial charge in [-0.2, -0.15) is 0 Å². The summed E-state index contributed by atoms with van der Waals surface area (Å²) in [6, 6.07) is 7.56. The molecule has 0 radical (unpaired) electrons. The maximum atomic E-state index is 12.5. The molecular weight excluding hydrogens is 380 g/mol. The molecule has 0 bridgehead atoms. The Hall–Kier alpha value is -2.00. The molecule has 6 atom stereocenters. The molecule has 0 amide bonds. The van der Waals surface area contributed by atoms with E-state index in [1.54, 1.807) is 13.8 Å². The molecule has 1 aromatic carbocycles. The van der Waals surface area contributed by atoms with E-state index < -0.39 is 48.6 Å². The van der Waals surface area contributed by atoms with Crippen molar-refractivity contribution in [3.8, 4) is 0 Å². The summed E-state index contributed by atoms with van der Waals surface area (Å²) in [5.74, 6) is -1.76. The number of carbonyl (C=O) groups excluding carboxylic acids is 2. The normalized spacial score (nSPS) is 28.1. The Morgan fingerprint density at radius 2 is 1.66 bits per heavy atom. The molecule has 1 fully saturated rings. The van der Waals surface area contributed by atoms with Gasteiger partial charge in [-0.25, -0.2) is 4.79 Å². The van der Waals surface area contributed by atoms with Crippen molar-refractivity contribution in [3.05, 3.63) is 35.4 Å². The van der Waals surface area contributed by atoms with Gasteiger partial charge in [0.1, 0.15) is 18.3 Å². The molecule has 8 heteroatoms. The van der Waals surface area contributed by atoms with Crippen molar-refractivity contribution in [2.75, 3.05) is 6.61 Å². The highest BCUT2D eigenvalue weighted by molar-refractivity contribution is 5.78. The van der Waals surface area contributed by atoms with Crippen molar-refractivity contribution in [2.24, 2.45) is 5.92 Å². The lowest BCUT2D eigenvalue weighted by atomic mass is 9.96. The number of hydrogen-bond donors (Lipinski definition) is 3. The van der Waals surface area contributed by atoms with Crippen LogP contribution >= 0.6 is 0 Å². The van der Waals surface area contributed by atoms with Gasteiger partial charge in [0.15, 0.2) is 6.10 Å². The van der Waals surface area contributed by atoms with Crippen molar-refractivity contribution in [3.63, 3.8) is 0 Å². The summed E-state index contributed by atoms with van der Waals surface area (Å²) in [6.45, 7) is 7.50. The first-order chi connectivity index (χ1) is 13.6. The van der Waals surface area contributed by atoms with Crippen LogP contribution in [0, 0.1) is 5.92 Å². The van der Waals surface area contributed by atoms with Gasteiger partial charge >= 0.3 is 11.9 Å². The van der Waals surface area contributed by atoms with Crippen molar-refractivity contribution in [1.82, 2.24) is 0 Å². The van der Waals surface area contributed by atoms with Gasteiger partial charge in [-0.05, 0) is 37.3 Å². The van der Waals surface area contributed by atoms with Crippen LogP contribution in [0.3, 0.4) is 0 Å². The van der Waals surface area contributed by atoms with Gasteiger partial charge in [0.05, 0.1) is 12.5 Å². The van der Waals surface area contributed by atoms with Crippen LogP contribution in [0.2, 0.25) is 0 Å². The SMILES string of the molecule is CCOC(=O)[C@H]1O[C@@H](OC(=O)[C@@H](C)c2ccc(CC(C)C)cc2)[C@H](O)[C@@H](O)[C@@H]1O. The van der Waals surface area contributed by atoms with Crippen LogP contribution in [0.25, 0.3) is 0 Å². The number of ether oxygens (including phenoxy) is 3. The van der Waals surface area contributed by atoms with Crippen molar-refractivity contribution >= 4 is 11.9 Å². The average molecular weight is 410 g/mol. The van der Waals surface area contributed by atoms with E-state index >= 15 is 0 Å². The van der Waals surface area contributed by atoms with Crippen LogP contribution in [-0.2, 0) is 30.2 Å². The number of benzene rings is 1. The maximum Gasteiger partial charge on any atom is 0.338 e. The molecule has 1 heterocycles. The average Bonchev–Trinajstić information content (AvgIpc) is 2.68. The lowest BCUT2D eigenvalue weighted by Gasteiger charge is -2.38. The number of aliphatic hydroxyl groups excluding tert-OH is 3. The zero-order valence-corrected chi connectivity index (χ0v) is 17.1. The summed E-state index contributed by atoms with van der Waals surface area (Å²) < 4.78 is 15.2. The Balaban J connectivity index is 2.06. The number of hydrogen-bond acceptors (Lipinski definition) is 8. The van der Waals surface area contributed by atoms with Crippen LogP contribution in [-0.4, -0.2) is 64.6 Å². The Labute approximate surface area is 170 Å².